The Morgan fingerprint density at radius 3 is 1.44 bits per heavy atom. The smallest absolute Gasteiger partial charge is 0.300 e. The average Bonchev–Trinajstić information content (AvgIpc) is 2.76. The highest BCUT2D eigenvalue weighted by molar-refractivity contribution is 6.12. The highest BCUT2D eigenvalue weighted by Crippen LogP contribution is 1.95. The molecule has 8 heteroatoms. The molecule has 2 aliphatic rings. The van der Waals surface area contributed by atoms with Gasteiger partial charge in [-0.3, -0.25) is 34.6 Å². The summed E-state index contributed by atoms with van der Waals surface area (Å²) >= 11 is 0. The third kappa shape index (κ3) is 8.77. The van der Waals surface area contributed by atoms with Gasteiger partial charge in [-0.15, -0.1) is 0 Å². The van der Waals surface area contributed by atoms with Crippen molar-refractivity contribution in [2.24, 2.45) is 0 Å². The van der Waals surface area contributed by atoms with E-state index in [1.165, 1.54) is 12.2 Å². The zero-order chi connectivity index (χ0) is 14.1. The molecule has 1 fully saturated rings. The molecule has 8 nitrogen and oxygen atoms in total. The lowest BCUT2D eigenvalue weighted by Gasteiger charge is -1.80. The molecule has 1 saturated heterocycles. The minimum atomic E-state index is -0.833. The fourth-order valence-corrected chi connectivity index (χ4v) is 0.864. The quantitative estimate of drug-likeness (QED) is 0.462. The van der Waals surface area contributed by atoms with Crippen molar-refractivity contribution in [2.75, 3.05) is 0 Å². The minimum Gasteiger partial charge on any atom is -0.481 e. The summed E-state index contributed by atoms with van der Waals surface area (Å²) in [6.07, 6.45) is 3.14. The zero-order valence-electron chi connectivity index (χ0n) is 9.56. The fourth-order valence-electron chi connectivity index (χ4n) is 0.864. The Morgan fingerprint density at radius 2 is 1.33 bits per heavy atom. The lowest BCUT2D eigenvalue weighted by molar-refractivity contribution is -0.134. The number of aliphatic carboxylic acids is 1. The predicted octanol–water partition coefficient (Wildman–Crippen LogP) is -1.29. The maximum absolute atomic E-state index is 10.1. The van der Waals surface area contributed by atoms with Gasteiger partial charge in [-0.2, -0.15) is 0 Å². The van der Waals surface area contributed by atoms with Crippen LogP contribution in [-0.4, -0.2) is 34.7 Å². The van der Waals surface area contributed by atoms with Crippen molar-refractivity contribution in [3.63, 3.8) is 0 Å². The van der Waals surface area contributed by atoms with Gasteiger partial charge in [0.1, 0.15) is 0 Å². The molecule has 4 amide bonds. The van der Waals surface area contributed by atoms with Crippen LogP contribution >= 0.6 is 0 Å². The van der Waals surface area contributed by atoms with E-state index in [9.17, 15) is 19.2 Å². The Morgan fingerprint density at radius 1 is 1.00 bits per heavy atom. The Kier molecular flexibility index (Phi) is 6.64. The van der Waals surface area contributed by atoms with E-state index in [0.717, 1.165) is 6.92 Å². The average molecular weight is 256 g/mol. The molecule has 2 rings (SSSR count). The van der Waals surface area contributed by atoms with E-state index < -0.39 is 5.97 Å². The van der Waals surface area contributed by atoms with E-state index in [-0.39, 0.29) is 23.6 Å². The molecule has 0 spiro atoms. The number of rotatable bonds is 0. The lowest BCUT2D eigenvalue weighted by atomic mass is 10.4. The number of hydrogen-bond donors (Lipinski definition) is 3. The second kappa shape index (κ2) is 7.71. The maximum Gasteiger partial charge on any atom is 0.300 e. The Balaban J connectivity index is 0.000000253. The van der Waals surface area contributed by atoms with Crippen LogP contribution in [0, 0.1) is 0 Å². The Bertz CT molecular complexity index is 379. The van der Waals surface area contributed by atoms with Crippen LogP contribution in [0.5, 0.6) is 0 Å². The van der Waals surface area contributed by atoms with Crippen LogP contribution in [-0.2, 0) is 24.0 Å². The number of carbonyl (C=O) groups is 5. The van der Waals surface area contributed by atoms with E-state index >= 15 is 0 Å². The van der Waals surface area contributed by atoms with Crippen molar-refractivity contribution in [3.05, 3.63) is 12.2 Å². The van der Waals surface area contributed by atoms with Crippen LogP contribution in [0.1, 0.15) is 19.8 Å². The predicted molar refractivity (Wildman–Crippen MR) is 58.0 cm³/mol. The summed E-state index contributed by atoms with van der Waals surface area (Å²) in [4.78, 5) is 49.3. The van der Waals surface area contributed by atoms with Crippen LogP contribution in [0.3, 0.4) is 0 Å². The first kappa shape index (κ1) is 15.5. The molecule has 0 atom stereocenters. The molecule has 0 aromatic heterocycles. The third-order valence-corrected chi connectivity index (χ3v) is 1.49. The highest BCUT2D eigenvalue weighted by atomic mass is 16.4. The number of carboxylic acids is 1. The first-order valence-electron chi connectivity index (χ1n) is 4.86. The van der Waals surface area contributed by atoms with Gasteiger partial charge in [-0.25, -0.2) is 0 Å². The standard InChI is InChI=1S/C4H5NO2.C4H3NO2.C2H4O2/c2*6-3-1-2-4(7)5-3;1-2(3)4/h1-2H2,(H,5,6,7);1-2H,(H,5,6,7);1H3,(H,3,4). The van der Waals surface area contributed by atoms with Gasteiger partial charge in [0.2, 0.25) is 11.8 Å². The summed E-state index contributed by atoms with van der Waals surface area (Å²) in [5.41, 5.74) is 0. The normalized spacial score (nSPS) is 16.1. The largest absolute Gasteiger partial charge is 0.481 e. The van der Waals surface area contributed by atoms with Crippen molar-refractivity contribution in [3.8, 4) is 0 Å². The molecule has 2 heterocycles. The summed E-state index contributed by atoms with van der Waals surface area (Å²) in [5.74, 6) is -1.79. The second-order valence-electron chi connectivity index (χ2n) is 3.18. The van der Waals surface area contributed by atoms with Gasteiger partial charge in [0.15, 0.2) is 0 Å². The Labute approximate surface area is 102 Å². The number of amides is 4. The molecule has 0 saturated carbocycles. The number of hydrogen-bond acceptors (Lipinski definition) is 5. The molecule has 0 bridgehead atoms. The van der Waals surface area contributed by atoms with Crippen molar-refractivity contribution in [1.29, 1.82) is 0 Å². The molecule has 0 unspecified atom stereocenters. The monoisotopic (exact) mass is 256 g/mol. The Hall–Kier alpha value is -2.51. The van der Waals surface area contributed by atoms with Gasteiger partial charge in [0, 0.05) is 31.9 Å². The van der Waals surface area contributed by atoms with Gasteiger partial charge in [0.25, 0.3) is 17.8 Å². The number of imide groups is 2. The first-order chi connectivity index (χ1) is 8.31. The summed E-state index contributed by atoms with van der Waals surface area (Å²) in [6, 6.07) is 0. The van der Waals surface area contributed by atoms with E-state index in [4.69, 9.17) is 9.90 Å². The van der Waals surface area contributed by atoms with E-state index in [1.54, 1.807) is 0 Å². The van der Waals surface area contributed by atoms with Gasteiger partial charge in [0.05, 0.1) is 0 Å². The molecule has 3 N–H and O–H groups in total. The number of carbonyl (C=O) groups excluding carboxylic acids is 4. The van der Waals surface area contributed by atoms with E-state index in [0.29, 0.717) is 12.8 Å². The first-order valence-corrected chi connectivity index (χ1v) is 4.86. The topological polar surface area (TPSA) is 130 Å². The van der Waals surface area contributed by atoms with Crippen molar-refractivity contribution < 1.29 is 29.1 Å². The second-order valence-corrected chi connectivity index (χ2v) is 3.18. The molecule has 0 aromatic rings. The van der Waals surface area contributed by atoms with Crippen LogP contribution in [0.25, 0.3) is 0 Å². The molecular weight excluding hydrogens is 244 g/mol. The number of nitrogens with one attached hydrogen (secondary N) is 2. The summed E-state index contributed by atoms with van der Waals surface area (Å²) < 4.78 is 0. The number of carboxylic acid groups (broad SMARTS) is 1. The van der Waals surface area contributed by atoms with E-state index in [2.05, 4.69) is 5.32 Å². The molecule has 98 valence electrons. The van der Waals surface area contributed by atoms with Gasteiger partial charge in [-0.1, -0.05) is 0 Å². The molecule has 0 aliphatic carbocycles. The maximum atomic E-state index is 10.1. The summed E-state index contributed by atoms with van der Waals surface area (Å²) in [7, 11) is 0. The van der Waals surface area contributed by atoms with Gasteiger partial charge in [-0.05, 0) is 0 Å². The molecule has 0 aromatic carbocycles. The van der Waals surface area contributed by atoms with Crippen molar-refractivity contribution in [2.45, 2.75) is 19.8 Å². The summed E-state index contributed by atoms with van der Waals surface area (Å²) in [6.45, 7) is 1.08. The van der Waals surface area contributed by atoms with Gasteiger partial charge < -0.3 is 5.11 Å². The SMILES string of the molecule is CC(=O)O.O=C1C=CC(=O)N1.O=C1CCC(=O)N1. The van der Waals surface area contributed by atoms with Gasteiger partial charge >= 0.3 is 0 Å². The van der Waals surface area contributed by atoms with Crippen molar-refractivity contribution >= 4 is 29.6 Å². The third-order valence-electron chi connectivity index (χ3n) is 1.49. The highest BCUT2D eigenvalue weighted by Gasteiger charge is 2.15. The fraction of sp³-hybridized carbons (Fsp3) is 0.300. The van der Waals surface area contributed by atoms with Crippen LogP contribution < -0.4 is 10.6 Å². The van der Waals surface area contributed by atoms with E-state index in [1.807, 2.05) is 5.32 Å². The van der Waals surface area contributed by atoms with Crippen LogP contribution in [0.15, 0.2) is 12.2 Å². The van der Waals surface area contributed by atoms with Crippen molar-refractivity contribution in [1.82, 2.24) is 10.6 Å². The lowest BCUT2D eigenvalue weighted by Crippen LogP contribution is -2.19. The molecular formula is C10H12N2O6. The molecule has 2 aliphatic heterocycles. The summed E-state index contributed by atoms with van der Waals surface area (Å²) in [5, 5.41) is 11.6. The van der Waals surface area contributed by atoms with Crippen LogP contribution in [0.2, 0.25) is 0 Å². The molecule has 0 radical (unpaired) electrons. The zero-order valence-corrected chi connectivity index (χ0v) is 9.56. The van der Waals surface area contributed by atoms with Crippen LogP contribution in [0.4, 0.5) is 0 Å². The molecule has 18 heavy (non-hydrogen) atoms. The minimum absolute atomic E-state index is 0.148.